The summed E-state index contributed by atoms with van der Waals surface area (Å²) in [5, 5.41) is 0. The van der Waals surface area contributed by atoms with Gasteiger partial charge in [-0.25, -0.2) is 8.42 Å². The summed E-state index contributed by atoms with van der Waals surface area (Å²) in [4.78, 5) is 14.6. The number of amides is 1. The topological polar surface area (TPSA) is 72.9 Å². The molecule has 2 rings (SSSR count). The summed E-state index contributed by atoms with van der Waals surface area (Å²) < 4.78 is 33.9. The maximum Gasteiger partial charge on any atom is 0.257 e. The van der Waals surface area contributed by atoms with Crippen molar-refractivity contribution in [3.05, 3.63) is 23.8 Å². The molecule has 0 N–H and O–H groups in total. The van der Waals surface area contributed by atoms with Crippen LogP contribution in [0, 0.1) is 0 Å². The predicted octanol–water partition coefficient (Wildman–Crippen LogP) is 1.74. The number of ether oxygens (including phenoxy) is 2. The van der Waals surface area contributed by atoms with Gasteiger partial charge in [0.2, 0.25) is 0 Å². The van der Waals surface area contributed by atoms with Crippen molar-refractivity contribution in [2.45, 2.75) is 25.8 Å². The first-order valence-electron chi connectivity index (χ1n) is 7.65. The third kappa shape index (κ3) is 3.96. The van der Waals surface area contributed by atoms with Gasteiger partial charge in [0.25, 0.3) is 5.91 Å². The largest absolute Gasteiger partial charge is 0.497 e. The molecule has 1 heterocycles. The quantitative estimate of drug-likeness (QED) is 0.788. The van der Waals surface area contributed by atoms with Gasteiger partial charge in [0.15, 0.2) is 9.84 Å². The maximum absolute atomic E-state index is 12.9. The van der Waals surface area contributed by atoms with E-state index in [0.717, 1.165) is 6.42 Å². The van der Waals surface area contributed by atoms with E-state index in [-0.39, 0.29) is 23.5 Å². The fourth-order valence-corrected chi connectivity index (χ4v) is 4.57. The second kappa shape index (κ2) is 7.21. The van der Waals surface area contributed by atoms with Gasteiger partial charge in [0, 0.05) is 18.7 Å². The van der Waals surface area contributed by atoms with Crippen LogP contribution >= 0.6 is 0 Å². The van der Waals surface area contributed by atoms with E-state index < -0.39 is 9.84 Å². The Morgan fingerprint density at radius 3 is 2.57 bits per heavy atom. The van der Waals surface area contributed by atoms with Crippen LogP contribution in [0.1, 0.15) is 30.1 Å². The van der Waals surface area contributed by atoms with E-state index in [0.29, 0.717) is 30.0 Å². The molecule has 1 fully saturated rings. The fraction of sp³-hybridized carbons (Fsp3) is 0.562. The summed E-state index contributed by atoms with van der Waals surface area (Å²) in [7, 11) is -0.00554. The smallest absolute Gasteiger partial charge is 0.257 e. The average Bonchev–Trinajstić information content (AvgIpc) is 2.91. The zero-order valence-electron chi connectivity index (χ0n) is 13.7. The van der Waals surface area contributed by atoms with Crippen LogP contribution in [0.5, 0.6) is 11.5 Å². The molecule has 1 aromatic rings. The number of benzene rings is 1. The fourth-order valence-electron chi connectivity index (χ4n) is 2.84. The second-order valence-corrected chi connectivity index (χ2v) is 7.85. The lowest BCUT2D eigenvalue weighted by Gasteiger charge is -2.28. The van der Waals surface area contributed by atoms with E-state index in [1.165, 1.54) is 7.11 Å². The summed E-state index contributed by atoms with van der Waals surface area (Å²) in [5.74, 6) is 1.01. The summed E-state index contributed by atoms with van der Waals surface area (Å²) in [6.07, 6.45) is 1.26. The molecule has 7 heteroatoms. The molecule has 0 saturated carbocycles. The van der Waals surface area contributed by atoms with Crippen LogP contribution in [0.3, 0.4) is 0 Å². The third-order valence-electron chi connectivity index (χ3n) is 4.01. The first kappa shape index (κ1) is 17.6. The number of rotatable bonds is 6. The van der Waals surface area contributed by atoms with E-state index in [9.17, 15) is 13.2 Å². The first-order chi connectivity index (χ1) is 10.9. The molecule has 1 aliphatic heterocycles. The number of sulfone groups is 1. The number of carbonyl (C=O) groups excluding carboxylic acids is 1. The molecule has 0 aliphatic carbocycles. The predicted molar refractivity (Wildman–Crippen MR) is 87.9 cm³/mol. The Morgan fingerprint density at radius 2 is 2.04 bits per heavy atom. The minimum absolute atomic E-state index is 0.0389. The summed E-state index contributed by atoms with van der Waals surface area (Å²) in [5.41, 5.74) is 0.422. The van der Waals surface area contributed by atoms with Crippen molar-refractivity contribution >= 4 is 15.7 Å². The molecule has 0 aromatic heterocycles. The molecular weight excluding hydrogens is 318 g/mol. The molecule has 128 valence electrons. The monoisotopic (exact) mass is 341 g/mol. The molecule has 1 atom stereocenters. The standard InChI is InChI=1S/C16H23NO5S/c1-4-8-17(12-7-9-23(19,20)11-12)16(18)14-6-5-13(21-2)10-15(14)22-3/h5-6,10,12H,4,7-9,11H2,1-3H3/t12-/m0/s1. The molecule has 1 aromatic carbocycles. The van der Waals surface area contributed by atoms with Crippen molar-refractivity contribution in [2.24, 2.45) is 0 Å². The lowest BCUT2D eigenvalue weighted by atomic mass is 10.1. The zero-order valence-corrected chi connectivity index (χ0v) is 14.6. The van der Waals surface area contributed by atoms with Gasteiger partial charge >= 0.3 is 0 Å². The Balaban J connectivity index is 2.31. The molecule has 0 bridgehead atoms. The lowest BCUT2D eigenvalue weighted by molar-refractivity contribution is 0.0693. The number of nitrogens with zero attached hydrogens (tertiary/aromatic N) is 1. The highest BCUT2D eigenvalue weighted by atomic mass is 32.2. The number of hydrogen-bond acceptors (Lipinski definition) is 5. The second-order valence-electron chi connectivity index (χ2n) is 5.62. The van der Waals surface area contributed by atoms with Crippen LogP contribution in [0.2, 0.25) is 0 Å². The summed E-state index contributed by atoms with van der Waals surface area (Å²) in [6.45, 7) is 2.49. The van der Waals surface area contributed by atoms with Crippen molar-refractivity contribution < 1.29 is 22.7 Å². The van der Waals surface area contributed by atoms with Gasteiger partial charge in [0.1, 0.15) is 11.5 Å². The van der Waals surface area contributed by atoms with Crippen LogP contribution in [-0.2, 0) is 9.84 Å². The normalized spacial score (nSPS) is 19.3. The van der Waals surface area contributed by atoms with Gasteiger partial charge in [-0.15, -0.1) is 0 Å². The maximum atomic E-state index is 12.9. The average molecular weight is 341 g/mol. The molecular formula is C16H23NO5S. The third-order valence-corrected chi connectivity index (χ3v) is 5.76. The van der Waals surface area contributed by atoms with Gasteiger partial charge in [-0.05, 0) is 25.0 Å². The number of methoxy groups -OCH3 is 2. The van der Waals surface area contributed by atoms with E-state index in [2.05, 4.69) is 0 Å². The number of hydrogen-bond donors (Lipinski definition) is 0. The minimum Gasteiger partial charge on any atom is -0.497 e. The summed E-state index contributed by atoms with van der Waals surface area (Å²) >= 11 is 0. The van der Waals surface area contributed by atoms with Gasteiger partial charge < -0.3 is 14.4 Å². The van der Waals surface area contributed by atoms with E-state index in [1.54, 1.807) is 30.2 Å². The Bertz CT molecular complexity index is 671. The summed E-state index contributed by atoms with van der Waals surface area (Å²) in [6, 6.07) is 4.75. The zero-order chi connectivity index (χ0) is 17.0. The Kier molecular flexibility index (Phi) is 5.51. The SMILES string of the molecule is CCCN(C(=O)c1ccc(OC)cc1OC)[C@H]1CCS(=O)(=O)C1. The van der Waals surface area contributed by atoms with Crippen molar-refractivity contribution in [2.75, 3.05) is 32.3 Å². The van der Waals surface area contributed by atoms with E-state index in [1.807, 2.05) is 6.92 Å². The van der Waals surface area contributed by atoms with Crippen LogP contribution < -0.4 is 9.47 Å². The van der Waals surface area contributed by atoms with Gasteiger partial charge in [-0.1, -0.05) is 6.92 Å². The molecule has 0 radical (unpaired) electrons. The highest BCUT2D eigenvalue weighted by Crippen LogP contribution is 2.28. The van der Waals surface area contributed by atoms with Crippen LogP contribution in [-0.4, -0.2) is 57.5 Å². The van der Waals surface area contributed by atoms with Crippen LogP contribution in [0.15, 0.2) is 18.2 Å². The van der Waals surface area contributed by atoms with Crippen LogP contribution in [0.25, 0.3) is 0 Å². The lowest BCUT2D eigenvalue weighted by Crippen LogP contribution is -2.41. The van der Waals surface area contributed by atoms with Gasteiger partial charge in [0.05, 0.1) is 31.3 Å². The molecule has 1 amide bonds. The van der Waals surface area contributed by atoms with Crippen molar-refractivity contribution in [1.82, 2.24) is 4.90 Å². The van der Waals surface area contributed by atoms with E-state index >= 15 is 0 Å². The van der Waals surface area contributed by atoms with Crippen LogP contribution in [0.4, 0.5) is 0 Å². The number of carbonyl (C=O) groups is 1. The van der Waals surface area contributed by atoms with Gasteiger partial charge in [-0.2, -0.15) is 0 Å². The Labute approximate surface area is 137 Å². The first-order valence-corrected chi connectivity index (χ1v) is 9.47. The molecule has 6 nitrogen and oxygen atoms in total. The molecule has 1 saturated heterocycles. The highest BCUT2D eigenvalue weighted by molar-refractivity contribution is 7.91. The highest BCUT2D eigenvalue weighted by Gasteiger charge is 2.35. The molecule has 0 spiro atoms. The molecule has 23 heavy (non-hydrogen) atoms. The minimum atomic E-state index is -3.05. The molecule has 1 aliphatic rings. The Morgan fingerprint density at radius 1 is 1.30 bits per heavy atom. The van der Waals surface area contributed by atoms with Crippen molar-refractivity contribution in [3.63, 3.8) is 0 Å². The Hall–Kier alpha value is -1.76. The van der Waals surface area contributed by atoms with Crippen molar-refractivity contribution in [1.29, 1.82) is 0 Å². The molecule has 0 unspecified atom stereocenters. The van der Waals surface area contributed by atoms with Crippen molar-refractivity contribution in [3.8, 4) is 11.5 Å². The van der Waals surface area contributed by atoms with Gasteiger partial charge in [-0.3, -0.25) is 4.79 Å². The van der Waals surface area contributed by atoms with E-state index in [4.69, 9.17) is 9.47 Å².